The van der Waals surface area contributed by atoms with Gasteiger partial charge in [0.25, 0.3) is 0 Å². The van der Waals surface area contributed by atoms with Crippen molar-refractivity contribution in [2.75, 3.05) is 31.1 Å². The number of halogens is 6. The third-order valence-electron chi connectivity index (χ3n) is 6.29. The Hall–Kier alpha value is -5.43. The molecule has 0 saturated carbocycles. The lowest BCUT2D eigenvalue weighted by atomic mass is 9.95. The first kappa shape index (κ1) is 40.6. The van der Waals surface area contributed by atoms with Gasteiger partial charge in [-0.3, -0.25) is 15.0 Å². The summed E-state index contributed by atoms with van der Waals surface area (Å²) in [6, 6.07) is 8.68. The minimum absolute atomic E-state index is 0.0264. The summed E-state index contributed by atoms with van der Waals surface area (Å²) in [7, 11) is 1.97. The summed E-state index contributed by atoms with van der Waals surface area (Å²) in [4.78, 5) is 55.1. The molecular weight excluding hydrogens is 664 g/mol. The molecular formula is C28H31F6N5O9. The Balaban J connectivity index is 0.000000687. The van der Waals surface area contributed by atoms with E-state index in [1.807, 2.05) is 24.0 Å². The lowest BCUT2D eigenvalue weighted by Gasteiger charge is -2.32. The second-order valence-electron chi connectivity index (χ2n) is 9.85. The van der Waals surface area contributed by atoms with Gasteiger partial charge in [0.1, 0.15) is 31.2 Å². The molecule has 0 radical (unpaired) electrons. The minimum Gasteiger partial charge on any atom is -0.542 e. The number of aliphatic carboxylic acids is 3. The molecule has 1 aliphatic heterocycles. The first-order valence-corrected chi connectivity index (χ1v) is 13.6. The van der Waals surface area contributed by atoms with Gasteiger partial charge in [-0.2, -0.15) is 26.3 Å². The minimum atomic E-state index is -5.19. The standard InChI is InChI=1S/C24H29N5O5.2C2HF3O2/c1-28-9-6-19(7-10-28)29-11-4-16(5-12-29)23(31)27-8-13-34-21-15-18(22(25)26)3-2-17(21)14-20(30)24(32)33;2*3-2(4,5)1(6)7/h2-3,6-7,9-10,15-16H,4-5,8,11-14H2,1H3,(H4-,25,26,27,31,32,33);2*(H,6,7). The monoisotopic (exact) mass is 695 g/mol. The highest BCUT2D eigenvalue weighted by molar-refractivity contribution is 6.33. The Bertz CT molecular complexity index is 1440. The maximum absolute atomic E-state index is 12.6. The van der Waals surface area contributed by atoms with Crippen molar-refractivity contribution >= 4 is 41.1 Å². The number of pyridine rings is 1. The number of aromatic nitrogens is 1. The van der Waals surface area contributed by atoms with Gasteiger partial charge in [0, 0.05) is 54.4 Å². The smallest absolute Gasteiger partial charge is 0.490 e. The first-order chi connectivity index (χ1) is 22.1. The summed E-state index contributed by atoms with van der Waals surface area (Å²) in [5.74, 6) is -8.26. The molecule has 264 valence electrons. The van der Waals surface area contributed by atoms with E-state index < -0.39 is 36.0 Å². The maximum Gasteiger partial charge on any atom is 0.490 e. The van der Waals surface area contributed by atoms with E-state index in [-0.39, 0.29) is 43.0 Å². The number of hydrogen-bond acceptors (Lipinski definition) is 9. The Morgan fingerprint density at radius 2 is 1.54 bits per heavy atom. The number of carboxylic acids is 3. The van der Waals surface area contributed by atoms with Gasteiger partial charge in [-0.15, -0.1) is 0 Å². The Labute approximate surface area is 268 Å². The molecule has 1 amide bonds. The summed E-state index contributed by atoms with van der Waals surface area (Å²) < 4.78 is 71.0. The number of Topliss-reactive ketones (excluding diaryl/α,β-unsaturated/α-hetero) is 1. The number of piperidine rings is 1. The van der Waals surface area contributed by atoms with Crippen molar-refractivity contribution in [3.8, 4) is 5.75 Å². The molecule has 1 aliphatic rings. The summed E-state index contributed by atoms with van der Waals surface area (Å²) in [6.45, 7) is 1.99. The molecule has 48 heavy (non-hydrogen) atoms. The van der Waals surface area contributed by atoms with Gasteiger partial charge >= 0.3 is 24.3 Å². The van der Waals surface area contributed by atoms with E-state index in [9.17, 15) is 40.7 Å². The van der Waals surface area contributed by atoms with E-state index >= 15 is 0 Å². The van der Waals surface area contributed by atoms with Crippen molar-refractivity contribution in [2.45, 2.75) is 31.6 Å². The number of ketones is 1. The molecule has 14 nitrogen and oxygen atoms in total. The van der Waals surface area contributed by atoms with Crippen LogP contribution in [0.1, 0.15) is 24.0 Å². The molecule has 0 spiro atoms. The zero-order valence-corrected chi connectivity index (χ0v) is 25.1. The predicted octanol–water partition coefficient (Wildman–Crippen LogP) is 0.335. The first-order valence-electron chi connectivity index (χ1n) is 13.6. The highest BCUT2D eigenvalue weighted by atomic mass is 19.4. The number of nitrogens with one attached hydrogen (secondary N) is 2. The van der Waals surface area contributed by atoms with Crippen LogP contribution < -0.4 is 30.4 Å². The molecule has 20 heteroatoms. The molecule has 1 aromatic heterocycles. The van der Waals surface area contributed by atoms with E-state index in [1.54, 1.807) is 0 Å². The predicted molar refractivity (Wildman–Crippen MR) is 150 cm³/mol. The number of nitrogens with zero attached hydrogens (tertiary/aromatic N) is 2. The van der Waals surface area contributed by atoms with E-state index in [1.165, 1.54) is 18.2 Å². The SMILES string of the molecule is C[n+]1ccc(N2CCC(C(=O)NCCOc3cc(C(=N)N)ccc3CC(=O)C(=O)O)CC2)cc1.O=C(O)C(F)(F)F.O=C([O-])C(F)(F)F. The van der Waals surface area contributed by atoms with E-state index in [0.29, 0.717) is 11.1 Å². The third kappa shape index (κ3) is 14.3. The van der Waals surface area contributed by atoms with Crippen molar-refractivity contribution in [3.05, 3.63) is 53.9 Å². The lowest BCUT2D eigenvalue weighted by molar-refractivity contribution is -0.671. The van der Waals surface area contributed by atoms with Crippen molar-refractivity contribution < 1.29 is 74.9 Å². The van der Waals surface area contributed by atoms with Crippen molar-refractivity contribution in [1.29, 1.82) is 5.41 Å². The molecule has 0 atom stereocenters. The van der Waals surface area contributed by atoms with Gasteiger partial charge in [0.2, 0.25) is 11.7 Å². The van der Waals surface area contributed by atoms with Crippen LogP contribution in [0.5, 0.6) is 5.75 Å². The molecule has 1 aromatic carbocycles. The van der Waals surface area contributed by atoms with Crippen LogP contribution in [0, 0.1) is 11.3 Å². The second-order valence-corrected chi connectivity index (χ2v) is 9.85. The largest absolute Gasteiger partial charge is 0.542 e. The fourth-order valence-corrected chi connectivity index (χ4v) is 3.83. The molecule has 0 unspecified atom stereocenters. The average molecular weight is 696 g/mol. The van der Waals surface area contributed by atoms with Crippen LogP contribution in [0.25, 0.3) is 0 Å². The van der Waals surface area contributed by atoms with Crippen molar-refractivity contribution in [2.24, 2.45) is 18.7 Å². The van der Waals surface area contributed by atoms with Crippen LogP contribution >= 0.6 is 0 Å². The quantitative estimate of drug-likeness (QED) is 0.0569. The Kier molecular flexibility index (Phi) is 15.3. The molecule has 0 aliphatic carbocycles. The number of benzene rings is 1. The summed E-state index contributed by atoms with van der Waals surface area (Å²) in [5, 5.41) is 35.2. The number of nitrogen functional groups attached to an aromatic ring is 1. The number of carbonyl (C=O) groups is 5. The summed E-state index contributed by atoms with van der Waals surface area (Å²) >= 11 is 0. The topological polar surface area (TPSA) is 227 Å². The number of nitrogens with two attached hydrogens (primary N) is 1. The van der Waals surface area contributed by atoms with E-state index in [0.717, 1.165) is 31.6 Å². The third-order valence-corrected chi connectivity index (χ3v) is 6.29. The highest BCUT2D eigenvalue weighted by Crippen LogP contribution is 2.23. The van der Waals surface area contributed by atoms with Gasteiger partial charge in [-0.25, -0.2) is 14.2 Å². The van der Waals surface area contributed by atoms with E-state index in [4.69, 9.17) is 40.8 Å². The fourth-order valence-electron chi connectivity index (χ4n) is 3.83. The van der Waals surface area contributed by atoms with Crippen LogP contribution in [0.4, 0.5) is 32.0 Å². The summed E-state index contributed by atoms with van der Waals surface area (Å²) in [5.41, 5.74) is 7.44. The summed E-state index contributed by atoms with van der Waals surface area (Å²) in [6.07, 6.45) is -5.09. The maximum atomic E-state index is 12.6. The fraction of sp³-hybridized carbons (Fsp3) is 0.393. The van der Waals surface area contributed by atoms with Crippen LogP contribution in [0.2, 0.25) is 0 Å². The highest BCUT2D eigenvalue weighted by Gasteiger charge is 2.38. The van der Waals surface area contributed by atoms with Gasteiger partial charge in [0.05, 0.1) is 6.54 Å². The van der Waals surface area contributed by atoms with E-state index in [2.05, 4.69) is 22.3 Å². The number of alkyl halides is 6. The number of amides is 1. The number of aryl methyl sites for hydroxylation is 1. The van der Waals surface area contributed by atoms with Crippen LogP contribution in [-0.4, -0.2) is 84.2 Å². The zero-order valence-electron chi connectivity index (χ0n) is 25.1. The number of carboxylic acid groups (broad SMARTS) is 3. The number of hydrogen-bond donors (Lipinski definition) is 5. The Morgan fingerprint density at radius 1 is 1.02 bits per heavy atom. The van der Waals surface area contributed by atoms with Crippen molar-refractivity contribution in [3.63, 3.8) is 0 Å². The van der Waals surface area contributed by atoms with Crippen molar-refractivity contribution in [1.82, 2.24) is 5.32 Å². The molecule has 2 heterocycles. The molecule has 1 saturated heterocycles. The lowest BCUT2D eigenvalue weighted by Crippen LogP contribution is -2.41. The molecule has 2 aromatic rings. The van der Waals surface area contributed by atoms with Crippen LogP contribution in [0.3, 0.4) is 0 Å². The molecule has 6 N–H and O–H groups in total. The van der Waals surface area contributed by atoms with Gasteiger partial charge in [0.15, 0.2) is 12.4 Å². The van der Waals surface area contributed by atoms with Gasteiger partial charge in [-0.1, -0.05) is 12.1 Å². The number of anilines is 1. The number of ether oxygens (including phenoxy) is 1. The average Bonchev–Trinajstić information content (AvgIpc) is 2.99. The van der Waals surface area contributed by atoms with Gasteiger partial charge in [-0.05, 0) is 18.9 Å². The molecule has 0 bridgehead atoms. The van der Waals surface area contributed by atoms with Crippen LogP contribution in [0.15, 0.2) is 42.7 Å². The van der Waals surface area contributed by atoms with Gasteiger partial charge < -0.3 is 40.8 Å². The second kappa shape index (κ2) is 18.0. The van der Waals surface area contributed by atoms with Crippen LogP contribution in [-0.2, 0) is 37.4 Å². The number of amidine groups is 1. The number of carbonyl (C=O) groups excluding carboxylic acids is 3. The number of rotatable bonds is 10. The zero-order chi connectivity index (χ0) is 36.8. The normalized spacial score (nSPS) is 13.1. The Morgan fingerprint density at radius 3 is 1.98 bits per heavy atom. The molecule has 1 fully saturated rings. The molecule has 3 rings (SSSR count).